The number of nitrogens with one attached hydrogen (secondary N) is 1. The van der Waals surface area contributed by atoms with Crippen LogP contribution in [0.15, 0.2) is 24.3 Å². The van der Waals surface area contributed by atoms with Gasteiger partial charge in [0, 0.05) is 13.1 Å². The van der Waals surface area contributed by atoms with E-state index in [0.717, 1.165) is 30.3 Å². The predicted octanol–water partition coefficient (Wildman–Crippen LogP) is 2.67. The summed E-state index contributed by atoms with van der Waals surface area (Å²) in [4.78, 5) is 2.27. The minimum atomic E-state index is 0.194. The van der Waals surface area contributed by atoms with E-state index in [2.05, 4.69) is 23.2 Å². The van der Waals surface area contributed by atoms with Gasteiger partial charge >= 0.3 is 0 Å². The van der Waals surface area contributed by atoms with E-state index < -0.39 is 0 Å². The highest BCUT2D eigenvalue weighted by Crippen LogP contribution is 2.29. The number of anilines is 1. The largest absolute Gasteiger partial charge is 0.365 e. The summed E-state index contributed by atoms with van der Waals surface area (Å²) in [7, 11) is 0. The third-order valence-electron chi connectivity index (χ3n) is 3.31. The van der Waals surface area contributed by atoms with Crippen LogP contribution in [0.1, 0.15) is 13.3 Å². The monoisotopic (exact) mass is 263 g/mol. The first kappa shape index (κ1) is 13.2. The lowest BCUT2D eigenvalue weighted by molar-refractivity contribution is 0.563. The van der Waals surface area contributed by atoms with E-state index in [-0.39, 0.29) is 6.04 Å². The Morgan fingerprint density at radius 1 is 1.44 bits per heavy atom. The van der Waals surface area contributed by atoms with Crippen molar-refractivity contribution in [1.29, 1.82) is 5.26 Å². The van der Waals surface area contributed by atoms with Crippen LogP contribution in [0.2, 0.25) is 5.02 Å². The molecule has 0 radical (unpaired) electrons. The summed E-state index contributed by atoms with van der Waals surface area (Å²) in [6.45, 7) is 4.97. The number of halogens is 1. The molecular weight excluding hydrogens is 246 g/mol. The number of rotatable bonds is 2. The van der Waals surface area contributed by atoms with Crippen LogP contribution in [0.25, 0.3) is 0 Å². The average Bonchev–Trinajstić information content (AvgIpc) is 2.53. The molecular formula is C14H18ClN3. The van der Waals surface area contributed by atoms with Gasteiger partial charge in [-0.1, -0.05) is 30.7 Å². The van der Waals surface area contributed by atoms with Crippen molar-refractivity contribution in [1.82, 2.24) is 5.32 Å². The van der Waals surface area contributed by atoms with Crippen molar-refractivity contribution in [2.45, 2.75) is 19.4 Å². The molecule has 0 amide bonds. The van der Waals surface area contributed by atoms with E-state index in [0.29, 0.717) is 12.3 Å². The van der Waals surface area contributed by atoms with Crippen molar-refractivity contribution in [3.63, 3.8) is 0 Å². The fourth-order valence-electron chi connectivity index (χ4n) is 2.42. The van der Waals surface area contributed by atoms with Crippen LogP contribution in [0.3, 0.4) is 0 Å². The van der Waals surface area contributed by atoms with Gasteiger partial charge in [0.2, 0.25) is 0 Å². The van der Waals surface area contributed by atoms with Gasteiger partial charge in [0.05, 0.1) is 29.2 Å². The fourth-order valence-corrected chi connectivity index (χ4v) is 2.67. The highest BCUT2D eigenvalue weighted by Gasteiger charge is 2.25. The molecule has 18 heavy (non-hydrogen) atoms. The molecule has 0 aromatic heterocycles. The van der Waals surface area contributed by atoms with Gasteiger partial charge in [-0.2, -0.15) is 5.26 Å². The third kappa shape index (κ3) is 2.95. The van der Waals surface area contributed by atoms with Crippen molar-refractivity contribution >= 4 is 17.3 Å². The second-order valence-electron chi connectivity index (χ2n) is 4.88. The normalized spacial score (nSPS) is 24.4. The molecule has 1 aliphatic rings. The van der Waals surface area contributed by atoms with Gasteiger partial charge in [0.1, 0.15) is 0 Å². The Bertz CT molecular complexity index is 441. The molecule has 1 heterocycles. The summed E-state index contributed by atoms with van der Waals surface area (Å²) in [5.41, 5.74) is 1.04. The zero-order valence-corrected chi connectivity index (χ0v) is 11.3. The number of nitriles is 1. The molecule has 4 heteroatoms. The van der Waals surface area contributed by atoms with Crippen LogP contribution < -0.4 is 10.2 Å². The van der Waals surface area contributed by atoms with E-state index in [1.807, 2.05) is 24.3 Å². The highest BCUT2D eigenvalue weighted by molar-refractivity contribution is 6.33. The van der Waals surface area contributed by atoms with Gasteiger partial charge in [-0.05, 0) is 24.6 Å². The van der Waals surface area contributed by atoms with E-state index in [1.54, 1.807) is 0 Å². The Labute approximate surface area is 113 Å². The molecule has 0 aliphatic carbocycles. The molecule has 1 fully saturated rings. The lowest BCUT2D eigenvalue weighted by Crippen LogP contribution is -2.40. The van der Waals surface area contributed by atoms with Crippen LogP contribution in [0.5, 0.6) is 0 Å². The smallest absolute Gasteiger partial charge is 0.0643 e. The Morgan fingerprint density at radius 3 is 2.94 bits per heavy atom. The summed E-state index contributed by atoms with van der Waals surface area (Å²) in [6, 6.07) is 10.3. The summed E-state index contributed by atoms with van der Waals surface area (Å²) < 4.78 is 0. The van der Waals surface area contributed by atoms with E-state index in [9.17, 15) is 0 Å². The molecule has 1 N–H and O–H groups in total. The van der Waals surface area contributed by atoms with Gasteiger partial charge in [-0.25, -0.2) is 0 Å². The molecule has 2 rings (SSSR count). The molecule has 1 aliphatic heterocycles. The maximum atomic E-state index is 8.97. The van der Waals surface area contributed by atoms with Crippen LogP contribution in [0.4, 0.5) is 5.69 Å². The predicted molar refractivity (Wildman–Crippen MR) is 74.8 cm³/mol. The minimum absolute atomic E-state index is 0.194. The molecule has 1 saturated heterocycles. The minimum Gasteiger partial charge on any atom is -0.365 e. The van der Waals surface area contributed by atoms with Crippen LogP contribution in [-0.4, -0.2) is 25.7 Å². The lowest BCUT2D eigenvalue weighted by atomic mass is 10.1. The number of hydrogen-bond donors (Lipinski definition) is 1. The number of hydrogen-bond acceptors (Lipinski definition) is 3. The van der Waals surface area contributed by atoms with Crippen molar-refractivity contribution in [2.24, 2.45) is 5.92 Å². The van der Waals surface area contributed by atoms with Crippen molar-refractivity contribution in [2.75, 3.05) is 24.5 Å². The molecule has 1 aromatic rings. The van der Waals surface area contributed by atoms with Gasteiger partial charge < -0.3 is 10.2 Å². The zero-order chi connectivity index (χ0) is 13.0. The Hall–Kier alpha value is -1.24. The summed E-state index contributed by atoms with van der Waals surface area (Å²) in [6.07, 6.45) is 0.519. The van der Waals surface area contributed by atoms with Crippen LogP contribution in [0, 0.1) is 17.2 Å². The van der Waals surface area contributed by atoms with Gasteiger partial charge in [-0.3, -0.25) is 0 Å². The molecule has 2 atom stereocenters. The molecule has 96 valence electrons. The van der Waals surface area contributed by atoms with Crippen LogP contribution >= 0.6 is 11.6 Å². The maximum Gasteiger partial charge on any atom is 0.0643 e. The standard InChI is InChI=1S/C14H18ClN3/c1-11-8-17-9-12(6-7-16)18(10-11)14-5-3-2-4-13(14)15/h2-5,11-12,17H,6,8-10H2,1H3. The molecule has 3 nitrogen and oxygen atoms in total. The van der Waals surface area contributed by atoms with Gasteiger partial charge in [0.15, 0.2) is 0 Å². The first-order chi connectivity index (χ1) is 8.72. The Kier molecular flexibility index (Phi) is 4.46. The van der Waals surface area contributed by atoms with Gasteiger partial charge in [0.25, 0.3) is 0 Å². The Balaban J connectivity index is 2.30. The first-order valence-corrected chi connectivity index (χ1v) is 6.69. The van der Waals surface area contributed by atoms with E-state index in [1.165, 1.54) is 0 Å². The number of nitrogens with zero attached hydrogens (tertiary/aromatic N) is 2. The summed E-state index contributed by atoms with van der Waals surface area (Å²) in [5.74, 6) is 0.546. The van der Waals surface area contributed by atoms with Crippen molar-refractivity contribution in [3.8, 4) is 6.07 Å². The first-order valence-electron chi connectivity index (χ1n) is 6.31. The summed E-state index contributed by atoms with van der Waals surface area (Å²) in [5, 5.41) is 13.1. The molecule has 2 unspecified atom stereocenters. The van der Waals surface area contributed by atoms with Crippen molar-refractivity contribution < 1.29 is 0 Å². The summed E-state index contributed by atoms with van der Waals surface area (Å²) >= 11 is 6.28. The quantitative estimate of drug-likeness (QED) is 0.892. The van der Waals surface area contributed by atoms with Crippen LogP contribution in [-0.2, 0) is 0 Å². The topological polar surface area (TPSA) is 39.1 Å². The van der Waals surface area contributed by atoms with E-state index >= 15 is 0 Å². The third-order valence-corrected chi connectivity index (χ3v) is 3.63. The maximum absolute atomic E-state index is 8.97. The second kappa shape index (κ2) is 6.08. The SMILES string of the molecule is CC1CNCC(CC#N)N(c2ccccc2Cl)C1. The zero-order valence-electron chi connectivity index (χ0n) is 10.6. The molecule has 1 aromatic carbocycles. The number of para-hydroxylation sites is 1. The lowest BCUT2D eigenvalue weighted by Gasteiger charge is -2.32. The fraction of sp³-hybridized carbons (Fsp3) is 0.500. The van der Waals surface area contributed by atoms with Crippen molar-refractivity contribution in [3.05, 3.63) is 29.3 Å². The van der Waals surface area contributed by atoms with E-state index in [4.69, 9.17) is 16.9 Å². The Morgan fingerprint density at radius 2 is 2.22 bits per heavy atom. The molecule has 0 spiro atoms. The highest BCUT2D eigenvalue weighted by atomic mass is 35.5. The van der Waals surface area contributed by atoms with Gasteiger partial charge in [-0.15, -0.1) is 0 Å². The molecule has 0 bridgehead atoms. The second-order valence-corrected chi connectivity index (χ2v) is 5.29. The average molecular weight is 264 g/mol. The molecule has 0 saturated carbocycles. The number of benzene rings is 1.